The molecule has 0 saturated carbocycles. The van der Waals surface area contributed by atoms with E-state index in [0.717, 1.165) is 29.9 Å². The number of fused-ring (bicyclic) bond motifs is 2. The van der Waals surface area contributed by atoms with E-state index in [4.69, 9.17) is 9.47 Å². The molecule has 2 aliphatic rings. The quantitative estimate of drug-likeness (QED) is 0.448. The summed E-state index contributed by atoms with van der Waals surface area (Å²) in [6.07, 6.45) is 3.13. The van der Waals surface area contributed by atoms with E-state index in [9.17, 15) is 5.21 Å². The van der Waals surface area contributed by atoms with Gasteiger partial charge in [-0.3, -0.25) is 0 Å². The molecule has 0 spiro atoms. The minimum absolute atomic E-state index is 0.134. The molecule has 1 saturated heterocycles. The van der Waals surface area contributed by atoms with Crippen molar-refractivity contribution < 1.29 is 14.2 Å². The van der Waals surface area contributed by atoms with Crippen molar-refractivity contribution in [1.29, 1.82) is 0 Å². The molecule has 4 nitrogen and oxygen atoms in total. The number of hydrogen-bond donors (Lipinski definition) is 0. The second kappa shape index (κ2) is 2.85. The Balaban J connectivity index is 2.01. The molecule has 2 atom stereocenters. The zero-order valence-electron chi connectivity index (χ0n) is 7.68. The minimum Gasteiger partial charge on any atom is -0.618 e. The van der Waals surface area contributed by atoms with Crippen LogP contribution in [0.5, 0.6) is 5.75 Å². The van der Waals surface area contributed by atoms with Gasteiger partial charge in [-0.25, -0.2) is 0 Å². The Labute approximate surface area is 81.6 Å². The molecule has 0 aromatic carbocycles. The van der Waals surface area contributed by atoms with E-state index in [1.807, 2.05) is 6.07 Å². The van der Waals surface area contributed by atoms with E-state index in [1.165, 1.54) is 6.20 Å². The fourth-order valence-corrected chi connectivity index (χ4v) is 2.11. The summed E-state index contributed by atoms with van der Waals surface area (Å²) < 4.78 is 11.9. The Hall–Kier alpha value is -1.29. The summed E-state index contributed by atoms with van der Waals surface area (Å²) in [7, 11) is 0. The third-order valence-electron chi connectivity index (χ3n) is 2.87. The first-order chi connectivity index (χ1) is 6.84. The van der Waals surface area contributed by atoms with E-state index in [0.29, 0.717) is 11.7 Å². The van der Waals surface area contributed by atoms with E-state index in [1.54, 1.807) is 6.07 Å². The number of hydrogen-bond acceptors (Lipinski definition) is 3. The molecular weight excluding hydrogens is 182 g/mol. The van der Waals surface area contributed by atoms with Crippen LogP contribution in [0.15, 0.2) is 18.3 Å². The largest absolute Gasteiger partial charge is 0.618 e. The third kappa shape index (κ3) is 1.07. The van der Waals surface area contributed by atoms with Crippen LogP contribution in [0.4, 0.5) is 0 Å². The zero-order chi connectivity index (χ0) is 9.54. The van der Waals surface area contributed by atoms with Crippen LogP contribution in [0.2, 0.25) is 0 Å². The monoisotopic (exact) mass is 193 g/mol. The SMILES string of the molecule is [O-][n+]1cccc2c1C[C@H]1CCO[C@@H]1O2. The van der Waals surface area contributed by atoms with E-state index in [-0.39, 0.29) is 6.29 Å². The maximum atomic E-state index is 11.4. The molecule has 3 heterocycles. The number of nitrogens with zero attached hydrogens (tertiary/aromatic N) is 1. The van der Waals surface area contributed by atoms with E-state index < -0.39 is 0 Å². The highest BCUT2D eigenvalue weighted by molar-refractivity contribution is 5.26. The van der Waals surface area contributed by atoms with Crippen molar-refractivity contribution in [2.45, 2.75) is 19.1 Å². The lowest BCUT2D eigenvalue weighted by atomic mass is 9.98. The number of aromatic nitrogens is 1. The first kappa shape index (κ1) is 8.05. The van der Waals surface area contributed by atoms with E-state index >= 15 is 0 Å². The molecule has 0 N–H and O–H groups in total. The molecule has 0 radical (unpaired) electrons. The summed E-state index contributed by atoms with van der Waals surface area (Å²) in [5.74, 6) is 1.02. The fraction of sp³-hybridized carbons (Fsp3) is 0.500. The first-order valence-electron chi connectivity index (χ1n) is 4.84. The molecule has 2 aliphatic heterocycles. The van der Waals surface area contributed by atoms with Crippen molar-refractivity contribution in [1.82, 2.24) is 0 Å². The van der Waals surface area contributed by atoms with Gasteiger partial charge < -0.3 is 14.7 Å². The highest BCUT2D eigenvalue weighted by atomic mass is 16.7. The molecule has 1 aromatic rings. The Morgan fingerprint density at radius 1 is 1.50 bits per heavy atom. The Morgan fingerprint density at radius 2 is 2.43 bits per heavy atom. The van der Waals surface area contributed by atoms with Gasteiger partial charge in [-0.15, -0.1) is 0 Å². The van der Waals surface area contributed by atoms with Crippen molar-refractivity contribution in [3.63, 3.8) is 0 Å². The molecule has 0 amide bonds. The third-order valence-corrected chi connectivity index (χ3v) is 2.87. The second-order valence-electron chi connectivity index (χ2n) is 3.75. The van der Waals surface area contributed by atoms with Gasteiger partial charge in [0.25, 0.3) is 0 Å². The fourth-order valence-electron chi connectivity index (χ4n) is 2.11. The maximum Gasteiger partial charge on any atom is 0.235 e. The summed E-state index contributed by atoms with van der Waals surface area (Å²) in [4.78, 5) is 0. The van der Waals surface area contributed by atoms with Crippen molar-refractivity contribution in [3.8, 4) is 5.75 Å². The highest BCUT2D eigenvalue weighted by Crippen LogP contribution is 2.33. The van der Waals surface area contributed by atoms with Crippen LogP contribution in [-0.2, 0) is 11.2 Å². The molecular formula is C10H11NO3. The summed E-state index contributed by atoms with van der Waals surface area (Å²) in [6, 6.07) is 3.52. The summed E-state index contributed by atoms with van der Waals surface area (Å²) in [5, 5.41) is 11.4. The van der Waals surface area contributed by atoms with Gasteiger partial charge in [-0.1, -0.05) is 0 Å². The van der Waals surface area contributed by atoms with Gasteiger partial charge in [0.15, 0.2) is 11.9 Å². The summed E-state index contributed by atoms with van der Waals surface area (Å²) in [6.45, 7) is 0.738. The normalized spacial score (nSPS) is 29.1. The van der Waals surface area contributed by atoms with Crippen molar-refractivity contribution in [3.05, 3.63) is 29.2 Å². The van der Waals surface area contributed by atoms with Gasteiger partial charge in [0, 0.05) is 18.4 Å². The molecule has 0 unspecified atom stereocenters. The molecule has 3 rings (SSSR count). The zero-order valence-corrected chi connectivity index (χ0v) is 7.68. The number of rotatable bonds is 0. The standard InChI is InChI=1S/C10H11NO3/c12-11-4-1-2-9-8(11)6-7-3-5-13-10(7)14-9/h1-2,4,7,10H,3,5-6H2/t7-,10-/m1/s1. The number of pyridine rings is 1. The van der Waals surface area contributed by atoms with Crippen molar-refractivity contribution in [2.75, 3.05) is 6.61 Å². The van der Waals surface area contributed by atoms with Crippen LogP contribution in [0.25, 0.3) is 0 Å². The van der Waals surface area contributed by atoms with Crippen LogP contribution in [-0.4, -0.2) is 12.9 Å². The lowest BCUT2D eigenvalue weighted by molar-refractivity contribution is -0.616. The van der Waals surface area contributed by atoms with Crippen LogP contribution >= 0.6 is 0 Å². The Bertz CT molecular complexity index is 366. The lowest BCUT2D eigenvalue weighted by Crippen LogP contribution is -2.39. The summed E-state index contributed by atoms with van der Waals surface area (Å²) >= 11 is 0. The predicted molar refractivity (Wildman–Crippen MR) is 47.6 cm³/mol. The molecule has 1 aromatic heterocycles. The van der Waals surface area contributed by atoms with Crippen molar-refractivity contribution >= 4 is 0 Å². The van der Waals surface area contributed by atoms with Crippen LogP contribution in [0.3, 0.4) is 0 Å². The topological polar surface area (TPSA) is 45.4 Å². The smallest absolute Gasteiger partial charge is 0.235 e. The van der Waals surface area contributed by atoms with Crippen LogP contribution < -0.4 is 9.47 Å². The van der Waals surface area contributed by atoms with Gasteiger partial charge in [-0.05, 0) is 12.5 Å². The molecule has 14 heavy (non-hydrogen) atoms. The Kier molecular flexibility index (Phi) is 1.64. The Morgan fingerprint density at radius 3 is 3.36 bits per heavy atom. The van der Waals surface area contributed by atoms with Crippen molar-refractivity contribution in [2.24, 2.45) is 5.92 Å². The minimum atomic E-state index is -0.134. The summed E-state index contributed by atoms with van der Waals surface area (Å²) in [5.41, 5.74) is 0.735. The van der Waals surface area contributed by atoms with Gasteiger partial charge in [0.1, 0.15) is 0 Å². The average Bonchev–Trinajstić information content (AvgIpc) is 2.62. The van der Waals surface area contributed by atoms with Gasteiger partial charge in [-0.2, -0.15) is 4.73 Å². The molecule has 0 bridgehead atoms. The second-order valence-corrected chi connectivity index (χ2v) is 3.75. The molecule has 74 valence electrons. The first-order valence-corrected chi connectivity index (χ1v) is 4.84. The van der Waals surface area contributed by atoms with Gasteiger partial charge in [0.2, 0.25) is 12.0 Å². The highest BCUT2D eigenvalue weighted by Gasteiger charge is 2.38. The van der Waals surface area contributed by atoms with Crippen LogP contribution in [0, 0.1) is 11.1 Å². The average molecular weight is 193 g/mol. The molecule has 4 heteroatoms. The van der Waals surface area contributed by atoms with E-state index in [2.05, 4.69) is 0 Å². The molecule has 0 aliphatic carbocycles. The maximum absolute atomic E-state index is 11.4. The van der Waals surface area contributed by atoms with Gasteiger partial charge in [0.05, 0.1) is 6.61 Å². The lowest BCUT2D eigenvalue weighted by Gasteiger charge is -2.25. The van der Waals surface area contributed by atoms with Gasteiger partial charge >= 0.3 is 0 Å². The number of ether oxygens (including phenoxy) is 2. The molecule has 1 fully saturated rings. The van der Waals surface area contributed by atoms with Crippen LogP contribution in [0.1, 0.15) is 12.1 Å². The predicted octanol–water partition coefficient (Wildman–Crippen LogP) is 0.618.